The smallest absolute Gasteiger partial charge is 0.300 e. The lowest BCUT2D eigenvalue weighted by atomic mass is 9.97. The molecule has 8 nitrogen and oxygen atoms in total. The maximum Gasteiger partial charge on any atom is 0.300 e. The van der Waals surface area contributed by atoms with Crippen molar-refractivity contribution in [3.8, 4) is 17.2 Å². The summed E-state index contributed by atoms with van der Waals surface area (Å²) in [5.41, 5.74) is 1.18. The van der Waals surface area contributed by atoms with Crippen LogP contribution < -0.4 is 19.1 Å². The predicted molar refractivity (Wildman–Crippen MR) is 124 cm³/mol. The minimum atomic E-state index is -1.03. The summed E-state index contributed by atoms with van der Waals surface area (Å²) in [5.74, 6) is -0.619. The number of aliphatic hydroxyl groups is 1. The van der Waals surface area contributed by atoms with Crippen molar-refractivity contribution in [2.45, 2.75) is 13.0 Å². The van der Waals surface area contributed by atoms with E-state index in [0.717, 1.165) is 5.56 Å². The standard InChI is InChI=1S/C25H20ClNO7/c1-13-10-15(24(31-2)16(26)11-13)22(28)20-21(18-4-3-7-32-18)27(25(30)23(20)29)14-5-6-17-19(12-14)34-9-8-33-17/h3-7,10-12,21,28H,8-9H2,1-2H3/b22-20-. The second-order valence-electron chi connectivity index (χ2n) is 7.84. The summed E-state index contributed by atoms with van der Waals surface area (Å²) < 4.78 is 22.2. The van der Waals surface area contributed by atoms with Crippen LogP contribution in [0.2, 0.25) is 5.02 Å². The third-order valence-electron chi connectivity index (χ3n) is 5.71. The van der Waals surface area contributed by atoms with Gasteiger partial charge in [0.2, 0.25) is 0 Å². The van der Waals surface area contributed by atoms with Gasteiger partial charge in [0.05, 0.1) is 29.5 Å². The number of anilines is 1. The highest BCUT2D eigenvalue weighted by atomic mass is 35.5. The van der Waals surface area contributed by atoms with Crippen LogP contribution in [0.4, 0.5) is 5.69 Å². The van der Waals surface area contributed by atoms with Crippen LogP contribution in [0.3, 0.4) is 0 Å². The summed E-state index contributed by atoms with van der Waals surface area (Å²) in [6, 6.07) is 10.5. The number of amides is 1. The Morgan fingerprint density at radius 1 is 1.12 bits per heavy atom. The van der Waals surface area contributed by atoms with Crippen LogP contribution in [0.25, 0.3) is 5.76 Å². The van der Waals surface area contributed by atoms with Crippen molar-refractivity contribution in [1.29, 1.82) is 0 Å². The zero-order valence-corrected chi connectivity index (χ0v) is 19.1. The first-order valence-corrected chi connectivity index (χ1v) is 10.9. The molecule has 1 aromatic heterocycles. The molecule has 0 saturated carbocycles. The van der Waals surface area contributed by atoms with Gasteiger partial charge in [0.15, 0.2) is 11.5 Å². The first-order chi connectivity index (χ1) is 16.4. The summed E-state index contributed by atoms with van der Waals surface area (Å²) in [4.78, 5) is 27.8. The summed E-state index contributed by atoms with van der Waals surface area (Å²) in [5, 5.41) is 11.6. The number of hydrogen-bond acceptors (Lipinski definition) is 7. The van der Waals surface area contributed by atoms with Gasteiger partial charge in [0, 0.05) is 11.8 Å². The Kier molecular flexibility index (Phi) is 5.45. The molecule has 2 aliphatic rings. The minimum absolute atomic E-state index is 0.144. The summed E-state index contributed by atoms with van der Waals surface area (Å²) in [6.45, 7) is 2.58. The monoisotopic (exact) mass is 481 g/mol. The second kappa shape index (κ2) is 8.46. The van der Waals surface area contributed by atoms with Gasteiger partial charge in [-0.25, -0.2) is 0 Å². The lowest BCUT2D eigenvalue weighted by Crippen LogP contribution is -2.29. The number of carbonyl (C=O) groups excluding carboxylic acids is 2. The van der Waals surface area contributed by atoms with Crippen molar-refractivity contribution in [1.82, 2.24) is 0 Å². The van der Waals surface area contributed by atoms with Gasteiger partial charge in [-0.15, -0.1) is 0 Å². The van der Waals surface area contributed by atoms with Crippen LogP contribution in [-0.2, 0) is 9.59 Å². The molecular weight excluding hydrogens is 462 g/mol. The molecule has 2 aromatic carbocycles. The number of ketones is 1. The Labute approximate surface area is 199 Å². The highest BCUT2D eigenvalue weighted by molar-refractivity contribution is 6.51. The molecule has 0 bridgehead atoms. The van der Waals surface area contributed by atoms with Gasteiger partial charge in [0.25, 0.3) is 11.7 Å². The second-order valence-corrected chi connectivity index (χ2v) is 8.25. The largest absolute Gasteiger partial charge is 0.507 e. The molecule has 3 aromatic rings. The molecule has 1 saturated heterocycles. The number of fused-ring (bicyclic) bond motifs is 1. The summed E-state index contributed by atoms with van der Waals surface area (Å²) >= 11 is 6.31. The Morgan fingerprint density at radius 2 is 1.88 bits per heavy atom. The molecule has 0 spiro atoms. The number of furan rings is 1. The topological polar surface area (TPSA) is 98.4 Å². The minimum Gasteiger partial charge on any atom is -0.507 e. The number of nitrogens with zero attached hydrogens (tertiary/aromatic N) is 1. The van der Waals surface area contributed by atoms with Crippen molar-refractivity contribution >= 4 is 34.7 Å². The average Bonchev–Trinajstić information content (AvgIpc) is 3.45. The van der Waals surface area contributed by atoms with E-state index in [9.17, 15) is 14.7 Å². The molecular formula is C25H20ClNO7. The first kappa shape index (κ1) is 21.9. The van der Waals surface area contributed by atoms with Gasteiger partial charge >= 0.3 is 0 Å². The number of carbonyl (C=O) groups is 2. The molecule has 3 heterocycles. The Balaban J connectivity index is 1.71. The fourth-order valence-electron chi connectivity index (χ4n) is 4.25. The van der Waals surface area contributed by atoms with Gasteiger partial charge in [-0.3, -0.25) is 14.5 Å². The Bertz CT molecular complexity index is 1330. The zero-order valence-electron chi connectivity index (χ0n) is 18.3. The maximum atomic E-state index is 13.3. The molecule has 1 fully saturated rings. The number of aryl methyl sites for hydroxylation is 1. The summed E-state index contributed by atoms with van der Waals surface area (Å²) in [7, 11) is 1.41. The fraction of sp³-hybridized carbons (Fsp3) is 0.200. The number of hydrogen-bond donors (Lipinski definition) is 1. The van der Waals surface area contributed by atoms with Crippen molar-refractivity contribution in [2.75, 3.05) is 25.2 Å². The number of methoxy groups -OCH3 is 1. The Morgan fingerprint density at radius 3 is 2.59 bits per heavy atom. The van der Waals surface area contributed by atoms with Crippen LogP contribution in [0, 0.1) is 6.92 Å². The highest BCUT2D eigenvalue weighted by Gasteiger charge is 2.48. The molecule has 0 aliphatic carbocycles. The van der Waals surface area contributed by atoms with Crippen molar-refractivity contribution in [2.24, 2.45) is 0 Å². The highest BCUT2D eigenvalue weighted by Crippen LogP contribution is 2.46. The lowest BCUT2D eigenvalue weighted by Gasteiger charge is -2.25. The third-order valence-corrected chi connectivity index (χ3v) is 5.99. The van der Waals surface area contributed by atoms with Crippen molar-refractivity contribution < 1.29 is 33.3 Å². The first-order valence-electron chi connectivity index (χ1n) is 10.5. The molecule has 174 valence electrons. The van der Waals surface area contributed by atoms with Gasteiger partial charge in [-0.1, -0.05) is 11.6 Å². The van der Waals surface area contributed by atoms with E-state index in [0.29, 0.717) is 36.2 Å². The van der Waals surface area contributed by atoms with E-state index in [1.807, 2.05) is 0 Å². The quantitative estimate of drug-likeness (QED) is 0.329. The number of Topliss-reactive ketones (excluding diaryl/α,β-unsaturated/α-hetero) is 1. The Hall–Kier alpha value is -3.91. The van der Waals surface area contributed by atoms with E-state index in [-0.39, 0.29) is 21.9 Å². The van der Waals surface area contributed by atoms with E-state index in [1.165, 1.54) is 18.3 Å². The van der Waals surface area contributed by atoms with Gasteiger partial charge in [-0.2, -0.15) is 0 Å². The number of ether oxygens (including phenoxy) is 3. The lowest BCUT2D eigenvalue weighted by molar-refractivity contribution is -0.132. The normalized spacial score (nSPS) is 18.9. The molecule has 1 amide bonds. The zero-order chi connectivity index (χ0) is 24.0. The summed E-state index contributed by atoms with van der Waals surface area (Å²) in [6.07, 6.45) is 1.43. The number of halogens is 1. The average molecular weight is 482 g/mol. The number of aliphatic hydroxyl groups excluding tert-OH is 1. The van der Waals surface area contributed by atoms with Crippen LogP contribution in [0.1, 0.15) is 22.9 Å². The number of benzene rings is 2. The number of rotatable bonds is 4. The molecule has 2 aliphatic heterocycles. The molecule has 34 heavy (non-hydrogen) atoms. The molecule has 1 N–H and O–H groups in total. The van der Waals surface area contributed by atoms with Gasteiger partial charge in [-0.05, 0) is 48.9 Å². The van der Waals surface area contributed by atoms with Gasteiger partial charge < -0.3 is 23.7 Å². The van der Waals surface area contributed by atoms with Crippen LogP contribution in [-0.4, -0.2) is 37.1 Å². The van der Waals surface area contributed by atoms with E-state index in [1.54, 1.807) is 49.4 Å². The van der Waals surface area contributed by atoms with Crippen LogP contribution >= 0.6 is 11.6 Å². The van der Waals surface area contributed by atoms with E-state index in [4.69, 9.17) is 30.2 Å². The molecule has 9 heteroatoms. The predicted octanol–water partition coefficient (Wildman–Crippen LogP) is 4.65. The molecule has 1 atom stereocenters. The molecule has 0 radical (unpaired) electrons. The van der Waals surface area contributed by atoms with Crippen LogP contribution in [0.5, 0.6) is 17.2 Å². The molecule has 5 rings (SSSR count). The van der Waals surface area contributed by atoms with E-state index < -0.39 is 23.5 Å². The van der Waals surface area contributed by atoms with Gasteiger partial charge in [0.1, 0.15) is 36.5 Å². The molecule has 1 unspecified atom stereocenters. The van der Waals surface area contributed by atoms with Crippen LogP contribution in [0.15, 0.2) is 58.7 Å². The fourth-order valence-corrected chi connectivity index (χ4v) is 4.61. The van der Waals surface area contributed by atoms with Crippen molar-refractivity contribution in [3.05, 3.63) is 76.2 Å². The SMILES string of the molecule is COc1c(Cl)cc(C)cc1/C(O)=C1/C(=O)C(=O)N(c2ccc3c(c2)OCCO3)C1c1ccco1. The third kappa shape index (κ3) is 3.47. The maximum absolute atomic E-state index is 13.3. The van der Waals surface area contributed by atoms with E-state index in [2.05, 4.69) is 0 Å². The van der Waals surface area contributed by atoms with Crippen molar-refractivity contribution in [3.63, 3.8) is 0 Å². The van der Waals surface area contributed by atoms with E-state index >= 15 is 0 Å².